The number of allylic oxidation sites excluding steroid dienone is 2. The third-order valence-corrected chi connectivity index (χ3v) is 2.70. The third kappa shape index (κ3) is 4.25. The molecule has 1 atom stereocenters. The lowest BCUT2D eigenvalue weighted by molar-refractivity contribution is -0.110. The summed E-state index contributed by atoms with van der Waals surface area (Å²) in [6.45, 7) is 2.01. The zero-order valence-electron chi connectivity index (χ0n) is 8.59. The lowest BCUT2D eigenvalue weighted by atomic mass is 9.94. The van der Waals surface area contributed by atoms with Crippen molar-refractivity contribution in [1.29, 1.82) is 0 Å². The summed E-state index contributed by atoms with van der Waals surface area (Å²) < 4.78 is 0. The topological polar surface area (TPSA) is 17.1 Å². The summed E-state index contributed by atoms with van der Waals surface area (Å²) in [4.78, 5) is 10.5. The first-order valence-corrected chi connectivity index (χ1v) is 5.46. The molecule has 1 nitrogen and oxygen atoms in total. The standard InChI is InChI=1S/C12H20O/c1-11(10-13)9-12-7-5-3-2-4-6-8-12/h7,10-11H,2-6,8-9H2,1H3/b12-7+. The quantitative estimate of drug-likeness (QED) is 0.480. The fraction of sp³-hybridized carbons (Fsp3) is 0.750. The van der Waals surface area contributed by atoms with Crippen molar-refractivity contribution in [2.45, 2.75) is 51.9 Å². The van der Waals surface area contributed by atoms with Gasteiger partial charge < -0.3 is 4.79 Å². The van der Waals surface area contributed by atoms with E-state index < -0.39 is 0 Å². The second-order valence-electron chi connectivity index (χ2n) is 4.13. The molecule has 0 bridgehead atoms. The summed E-state index contributed by atoms with van der Waals surface area (Å²) in [5.74, 6) is 0.214. The number of carbonyl (C=O) groups is 1. The van der Waals surface area contributed by atoms with Crippen molar-refractivity contribution >= 4 is 6.29 Å². The fourth-order valence-corrected chi connectivity index (χ4v) is 1.91. The lowest BCUT2D eigenvalue weighted by Gasteiger charge is -2.12. The largest absolute Gasteiger partial charge is 0.303 e. The zero-order valence-corrected chi connectivity index (χ0v) is 8.59. The van der Waals surface area contributed by atoms with Gasteiger partial charge in [-0.1, -0.05) is 31.4 Å². The summed E-state index contributed by atoms with van der Waals surface area (Å²) in [6.07, 6.45) is 12.3. The van der Waals surface area contributed by atoms with Crippen LogP contribution in [0.1, 0.15) is 51.9 Å². The monoisotopic (exact) mass is 180 g/mol. The van der Waals surface area contributed by atoms with Gasteiger partial charge in [-0.25, -0.2) is 0 Å². The average molecular weight is 180 g/mol. The van der Waals surface area contributed by atoms with E-state index in [1.807, 2.05) is 6.92 Å². The first-order valence-electron chi connectivity index (χ1n) is 5.46. The minimum atomic E-state index is 0.214. The van der Waals surface area contributed by atoms with Crippen LogP contribution in [0.5, 0.6) is 0 Å². The number of carbonyl (C=O) groups excluding carboxylic acids is 1. The van der Waals surface area contributed by atoms with Crippen molar-refractivity contribution in [2.24, 2.45) is 5.92 Å². The van der Waals surface area contributed by atoms with Crippen LogP contribution in [0, 0.1) is 5.92 Å². The highest BCUT2D eigenvalue weighted by atomic mass is 16.1. The Morgan fingerprint density at radius 2 is 2.15 bits per heavy atom. The SMILES string of the molecule is CC(C=O)C/C1=C/CCCCCC1. The van der Waals surface area contributed by atoms with Gasteiger partial charge in [-0.15, -0.1) is 0 Å². The third-order valence-electron chi connectivity index (χ3n) is 2.70. The Bertz CT molecular complexity index is 182. The molecule has 0 N–H and O–H groups in total. The second kappa shape index (κ2) is 5.95. The molecule has 1 rings (SSSR count). The molecule has 13 heavy (non-hydrogen) atoms. The summed E-state index contributed by atoms with van der Waals surface area (Å²) in [7, 11) is 0. The Morgan fingerprint density at radius 1 is 1.38 bits per heavy atom. The number of hydrogen-bond acceptors (Lipinski definition) is 1. The van der Waals surface area contributed by atoms with Crippen molar-refractivity contribution < 1.29 is 4.79 Å². The van der Waals surface area contributed by atoms with Crippen molar-refractivity contribution in [1.82, 2.24) is 0 Å². The summed E-state index contributed by atoms with van der Waals surface area (Å²) in [6, 6.07) is 0. The maximum absolute atomic E-state index is 10.5. The molecular formula is C12H20O. The first kappa shape index (κ1) is 10.5. The fourth-order valence-electron chi connectivity index (χ4n) is 1.91. The van der Waals surface area contributed by atoms with E-state index in [1.54, 1.807) is 0 Å². The molecule has 0 aromatic carbocycles. The molecule has 0 fully saturated rings. The molecule has 0 heterocycles. The molecule has 0 spiro atoms. The van der Waals surface area contributed by atoms with E-state index in [4.69, 9.17) is 0 Å². The molecule has 0 radical (unpaired) electrons. The van der Waals surface area contributed by atoms with Crippen LogP contribution >= 0.6 is 0 Å². The predicted octanol–water partition coefficient (Wildman–Crippen LogP) is 3.49. The van der Waals surface area contributed by atoms with Gasteiger partial charge in [0.1, 0.15) is 6.29 Å². The van der Waals surface area contributed by atoms with E-state index in [-0.39, 0.29) is 5.92 Å². The maximum atomic E-state index is 10.5. The minimum absolute atomic E-state index is 0.214. The average Bonchev–Trinajstić information content (AvgIpc) is 2.09. The molecular weight excluding hydrogens is 160 g/mol. The molecule has 0 aromatic heterocycles. The Kier molecular flexibility index (Phi) is 4.81. The van der Waals surface area contributed by atoms with Crippen LogP contribution in [0.2, 0.25) is 0 Å². The van der Waals surface area contributed by atoms with E-state index >= 15 is 0 Å². The highest BCUT2D eigenvalue weighted by Gasteiger charge is 2.06. The molecule has 0 saturated heterocycles. The van der Waals surface area contributed by atoms with Crippen LogP contribution in [0.25, 0.3) is 0 Å². The van der Waals surface area contributed by atoms with Gasteiger partial charge in [-0.3, -0.25) is 0 Å². The first-order chi connectivity index (χ1) is 6.33. The maximum Gasteiger partial charge on any atom is 0.123 e. The Balaban J connectivity index is 2.40. The smallest absolute Gasteiger partial charge is 0.123 e. The van der Waals surface area contributed by atoms with Gasteiger partial charge in [-0.2, -0.15) is 0 Å². The van der Waals surface area contributed by atoms with Crippen LogP contribution in [0.3, 0.4) is 0 Å². The van der Waals surface area contributed by atoms with Crippen LogP contribution < -0.4 is 0 Å². The van der Waals surface area contributed by atoms with Crippen LogP contribution in [-0.4, -0.2) is 6.29 Å². The van der Waals surface area contributed by atoms with E-state index in [1.165, 1.54) is 44.1 Å². The highest BCUT2D eigenvalue weighted by molar-refractivity contribution is 5.53. The molecule has 0 amide bonds. The van der Waals surface area contributed by atoms with Crippen molar-refractivity contribution in [3.63, 3.8) is 0 Å². The molecule has 0 aromatic rings. The van der Waals surface area contributed by atoms with Gasteiger partial charge in [0, 0.05) is 5.92 Å². The molecule has 1 heteroatoms. The minimum Gasteiger partial charge on any atom is -0.303 e. The van der Waals surface area contributed by atoms with Crippen molar-refractivity contribution in [3.8, 4) is 0 Å². The predicted molar refractivity (Wildman–Crippen MR) is 55.6 cm³/mol. The Labute approximate surface area is 81.2 Å². The lowest BCUT2D eigenvalue weighted by Crippen LogP contribution is -1.99. The Hall–Kier alpha value is -0.590. The van der Waals surface area contributed by atoms with Gasteiger partial charge in [0.2, 0.25) is 0 Å². The van der Waals surface area contributed by atoms with Gasteiger partial charge in [0.15, 0.2) is 0 Å². The van der Waals surface area contributed by atoms with Gasteiger partial charge in [0.05, 0.1) is 0 Å². The molecule has 1 aliphatic carbocycles. The second-order valence-corrected chi connectivity index (χ2v) is 4.13. The summed E-state index contributed by atoms with van der Waals surface area (Å²) >= 11 is 0. The van der Waals surface area contributed by atoms with Crippen LogP contribution in [0.15, 0.2) is 11.6 Å². The summed E-state index contributed by atoms with van der Waals surface area (Å²) in [5, 5.41) is 0. The van der Waals surface area contributed by atoms with E-state index in [9.17, 15) is 4.79 Å². The normalized spacial score (nSPS) is 25.2. The number of aldehydes is 1. The van der Waals surface area contributed by atoms with E-state index in [0.717, 1.165) is 12.7 Å². The van der Waals surface area contributed by atoms with Gasteiger partial charge in [-0.05, 0) is 32.1 Å². The highest BCUT2D eigenvalue weighted by Crippen LogP contribution is 2.21. The molecule has 1 unspecified atom stereocenters. The summed E-state index contributed by atoms with van der Waals surface area (Å²) in [5.41, 5.74) is 1.51. The molecule has 0 aliphatic heterocycles. The number of rotatable bonds is 3. The zero-order chi connectivity index (χ0) is 9.52. The van der Waals surface area contributed by atoms with E-state index in [0.29, 0.717) is 0 Å². The molecule has 0 saturated carbocycles. The molecule has 74 valence electrons. The van der Waals surface area contributed by atoms with Gasteiger partial charge >= 0.3 is 0 Å². The van der Waals surface area contributed by atoms with Crippen LogP contribution in [0.4, 0.5) is 0 Å². The van der Waals surface area contributed by atoms with Crippen molar-refractivity contribution in [3.05, 3.63) is 11.6 Å². The Morgan fingerprint density at radius 3 is 2.92 bits per heavy atom. The van der Waals surface area contributed by atoms with E-state index in [2.05, 4.69) is 6.08 Å². The van der Waals surface area contributed by atoms with Crippen molar-refractivity contribution in [2.75, 3.05) is 0 Å². The van der Waals surface area contributed by atoms with Gasteiger partial charge in [0.25, 0.3) is 0 Å². The van der Waals surface area contributed by atoms with Crippen LogP contribution in [-0.2, 0) is 4.79 Å². The number of hydrogen-bond donors (Lipinski definition) is 0. The molecule has 1 aliphatic rings.